The first kappa shape index (κ1) is 39.0. The molecule has 0 radical (unpaired) electrons. The molecule has 0 bridgehead atoms. The monoisotopic (exact) mass is 695 g/mol. The molecule has 6 atom stereocenters. The molecule has 266 valence electrons. The molecule has 5 nitrogen and oxygen atoms in total. The zero-order valence-corrected chi connectivity index (χ0v) is 30.8. The van der Waals surface area contributed by atoms with E-state index in [0.717, 1.165) is 74.4 Å². The fourth-order valence-electron chi connectivity index (χ4n) is 8.44. The summed E-state index contributed by atoms with van der Waals surface area (Å²) < 4.78 is 0. The first-order valence-corrected chi connectivity index (χ1v) is 21.1. The second-order valence-electron chi connectivity index (χ2n) is 14.5. The molecule has 0 spiro atoms. The van der Waals surface area contributed by atoms with Gasteiger partial charge >= 0.3 is 5.97 Å². The van der Waals surface area contributed by atoms with Crippen molar-refractivity contribution in [2.45, 2.75) is 115 Å². The van der Waals surface area contributed by atoms with Crippen molar-refractivity contribution in [1.29, 1.82) is 0 Å². The van der Waals surface area contributed by atoms with Gasteiger partial charge in [-0.05, 0) is 123 Å². The van der Waals surface area contributed by atoms with Crippen LogP contribution in [0.25, 0.3) is 0 Å². The number of carboxylic acids is 1. The minimum atomic E-state index is -0.927. The highest BCUT2D eigenvalue weighted by molar-refractivity contribution is 8.76. The number of carboxylic acid groups (broad SMARTS) is 1. The lowest BCUT2D eigenvalue weighted by atomic mass is 9.71. The summed E-state index contributed by atoms with van der Waals surface area (Å²) in [6, 6.07) is 17.0. The number of aliphatic hydroxyl groups excluding tert-OH is 2. The number of hydrogen-bond acceptors (Lipinski definition) is 6. The Labute approximate surface area is 298 Å². The van der Waals surface area contributed by atoms with Gasteiger partial charge in [0.1, 0.15) is 0 Å². The largest absolute Gasteiger partial charge is 0.481 e. The molecule has 0 saturated heterocycles. The number of aliphatic hydroxyl groups is 2. The number of carbonyl (C=O) groups is 1. The van der Waals surface area contributed by atoms with Gasteiger partial charge in [0.15, 0.2) is 0 Å². The molecule has 48 heavy (non-hydrogen) atoms. The lowest BCUT2D eigenvalue weighted by Gasteiger charge is -2.35. The summed E-state index contributed by atoms with van der Waals surface area (Å²) in [5.74, 6) is 1.94. The SMILES string of the molecule is C[C@H](O)[C@H](C(=O)O)[C@H]1CCc2ccccc2CSSC[C@H](Cc2cccc(CO)c2)[C@@H](C/C=C\CCC2CCCCC2)CC[C@@H]1CCN. The van der Waals surface area contributed by atoms with E-state index in [2.05, 4.69) is 54.6 Å². The Morgan fingerprint density at radius 1 is 0.896 bits per heavy atom. The predicted molar refractivity (Wildman–Crippen MR) is 204 cm³/mol. The fourth-order valence-corrected chi connectivity index (χ4v) is 11.0. The number of aryl methyl sites for hydroxylation is 1. The minimum Gasteiger partial charge on any atom is -0.481 e. The standard InChI is InChI=1S/C41H61NO4S2/c1-30(44)40(41(45)46)39-22-21-34-17-8-9-18-37(34)28-47-48-29-38(26-32-14-10-15-33(25-32)27-43)35(19-20-36(39)23-24-42)16-7-3-6-13-31-11-4-2-5-12-31/h3,7-10,14-15,17-18,25,30-31,35-36,38-40,43-44H,2,4-6,11-13,16,19-24,26-29,42H2,1H3,(H,45,46)/b7-3-/t30-,35-,36+,38-,39-,40-/m0/s1. The number of hydrogen-bond donors (Lipinski definition) is 4. The van der Waals surface area contributed by atoms with Crippen LogP contribution in [-0.4, -0.2) is 39.7 Å². The summed E-state index contributed by atoms with van der Waals surface area (Å²) in [6.07, 6.45) is 19.5. The maximum atomic E-state index is 12.7. The van der Waals surface area contributed by atoms with Crippen LogP contribution in [0.3, 0.4) is 0 Å². The van der Waals surface area contributed by atoms with Crippen molar-refractivity contribution in [2.75, 3.05) is 12.3 Å². The van der Waals surface area contributed by atoms with Crippen LogP contribution in [0.15, 0.2) is 60.7 Å². The van der Waals surface area contributed by atoms with Crippen LogP contribution in [-0.2, 0) is 30.0 Å². The number of benzene rings is 2. The van der Waals surface area contributed by atoms with E-state index in [4.69, 9.17) is 5.73 Å². The first-order valence-electron chi connectivity index (χ1n) is 18.6. The van der Waals surface area contributed by atoms with E-state index in [0.29, 0.717) is 18.4 Å². The highest BCUT2D eigenvalue weighted by atomic mass is 33.1. The summed E-state index contributed by atoms with van der Waals surface area (Å²) in [4.78, 5) is 12.7. The van der Waals surface area contributed by atoms with Gasteiger partial charge in [0, 0.05) is 11.5 Å². The summed E-state index contributed by atoms with van der Waals surface area (Å²) in [5, 5.41) is 31.0. The fraction of sp³-hybridized carbons (Fsp3) is 0.634. The van der Waals surface area contributed by atoms with Crippen LogP contribution in [0.1, 0.15) is 106 Å². The van der Waals surface area contributed by atoms with Gasteiger partial charge in [0.25, 0.3) is 0 Å². The van der Waals surface area contributed by atoms with Crippen molar-refractivity contribution in [1.82, 2.24) is 0 Å². The molecular formula is C41H61NO4S2. The highest BCUT2D eigenvalue weighted by Gasteiger charge is 2.37. The van der Waals surface area contributed by atoms with Crippen LogP contribution in [0.5, 0.6) is 0 Å². The van der Waals surface area contributed by atoms with E-state index in [1.54, 1.807) is 6.92 Å². The summed E-state index contributed by atoms with van der Waals surface area (Å²) in [5.41, 5.74) is 11.0. The van der Waals surface area contributed by atoms with Gasteiger partial charge < -0.3 is 21.1 Å². The number of aliphatic carboxylic acids is 1. The molecule has 0 amide bonds. The average Bonchev–Trinajstić information content (AvgIpc) is 3.09. The molecule has 1 aliphatic heterocycles. The van der Waals surface area contributed by atoms with Gasteiger partial charge in [-0.1, -0.05) is 114 Å². The van der Waals surface area contributed by atoms with Crippen LogP contribution >= 0.6 is 21.6 Å². The zero-order chi connectivity index (χ0) is 34.1. The number of fused-ring (bicyclic) bond motifs is 1. The molecule has 0 unspecified atom stereocenters. The van der Waals surface area contributed by atoms with Crippen LogP contribution < -0.4 is 5.73 Å². The summed E-state index contributed by atoms with van der Waals surface area (Å²) in [7, 11) is 3.91. The van der Waals surface area contributed by atoms with E-state index in [1.165, 1.54) is 55.2 Å². The first-order chi connectivity index (χ1) is 23.4. The molecule has 4 rings (SSSR count). The van der Waals surface area contributed by atoms with Crippen molar-refractivity contribution in [3.63, 3.8) is 0 Å². The molecule has 2 aromatic carbocycles. The van der Waals surface area contributed by atoms with Gasteiger partial charge in [-0.3, -0.25) is 4.79 Å². The highest BCUT2D eigenvalue weighted by Crippen LogP contribution is 2.40. The van der Waals surface area contributed by atoms with Gasteiger partial charge in [0.2, 0.25) is 0 Å². The second-order valence-corrected chi connectivity index (χ2v) is 17.0. The summed E-state index contributed by atoms with van der Waals surface area (Å²) in [6.45, 7) is 2.20. The predicted octanol–water partition coefficient (Wildman–Crippen LogP) is 9.23. The van der Waals surface area contributed by atoms with Crippen molar-refractivity contribution in [3.8, 4) is 0 Å². The maximum Gasteiger partial charge on any atom is 0.309 e. The average molecular weight is 696 g/mol. The van der Waals surface area contributed by atoms with E-state index in [-0.39, 0.29) is 18.4 Å². The Kier molecular flexibility index (Phi) is 17.4. The van der Waals surface area contributed by atoms with Gasteiger partial charge in [-0.25, -0.2) is 0 Å². The molecule has 1 saturated carbocycles. The van der Waals surface area contributed by atoms with Crippen LogP contribution in [0.4, 0.5) is 0 Å². The Bertz CT molecular complexity index is 1250. The molecule has 2 aliphatic rings. The molecule has 0 aromatic heterocycles. The van der Waals surface area contributed by atoms with Crippen molar-refractivity contribution >= 4 is 27.6 Å². The molecule has 5 N–H and O–H groups in total. The van der Waals surface area contributed by atoms with Crippen LogP contribution in [0, 0.1) is 35.5 Å². The lowest BCUT2D eigenvalue weighted by Crippen LogP contribution is -2.38. The normalized spacial score (nSPS) is 24.8. The third kappa shape index (κ3) is 12.5. The quantitative estimate of drug-likeness (QED) is 0.122. The molecule has 2 aromatic rings. The van der Waals surface area contributed by atoms with Gasteiger partial charge in [0.05, 0.1) is 18.6 Å². The topological polar surface area (TPSA) is 104 Å². The van der Waals surface area contributed by atoms with Gasteiger partial charge in [-0.2, -0.15) is 0 Å². The second kappa shape index (κ2) is 21.4. The van der Waals surface area contributed by atoms with E-state index >= 15 is 0 Å². The Balaban J connectivity index is 1.63. The molecule has 1 fully saturated rings. The third-order valence-corrected chi connectivity index (χ3v) is 13.6. The smallest absolute Gasteiger partial charge is 0.309 e. The van der Waals surface area contributed by atoms with Crippen molar-refractivity contribution in [3.05, 3.63) is 82.9 Å². The Morgan fingerprint density at radius 2 is 1.65 bits per heavy atom. The molecule has 7 heteroatoms. The lowest BCUT2D eigenvalue weighted by molar-refractivity contribution is -0.149. The maximum absolute atomic E-state index is 12.7. The van der Waals surface area contributed by atoms with Gasteiger partial charge in [-0.15, -0.1) is 0 Å². The van der Waals surface area contributed by atoms with Crippen LogP contribution in [0.2, 0.25) is 0 Å². The molecule has 1 aliphatic carbocycles. The summed E-state index contributed by atoms with van der Waals surface area (Å²) >= 11 is 0. The molecule has 1 heterocycles. The number of allylic oxidation sites excluding steroid dienone is 2. The van der Waals surface area contributed by atoms with E-state index in [1.807, 2.05) is 27.7 Å². The molecular weight excluding hydrogens is 635 g/mol. The zero-order valence-electron chi connectivity index (χ0n) is 29.2. The van der Waals surface area contributed by atoms with Crippen molar-refractivity contribution in [2.24, 2.45) is 41.2 Å². The van der Waals surface area contributed by atoms with Crippen molar-refractivity contribution < 1.29 is 20.1 Å². The van der Waals surface area contributed by atoms with E-state index in [9.17, 15) is 20.1 Å². The Hall–Kier alpha value is -1.77. The minimum absolute atomic E-state index is 0.0475. The van der Waals surface area contributed by atoms with E-state index < -0.39 is 18.0 Å². The third-order valence-electron chi connectivity index (χ3n) is 11.2. The number of nitrogens with two attached hydrogens (primary N) is 1. The Morgan fingerprint density at radius 3 is 2.38 bits per heavy atom. The number of rotatable bonds is 13.